The van der Waals surface area contributed by atoms with Crippen molar-refractivity contribution in [1.29, 1.82) is 0 Å². The first-order chi connectivity index (χ1) is 9.04. The van der Waals surface area contributed by atoms with Gasteiger partial charge in [0.25, 0.3) is 5.56 Å². The molecule has 1 aliphatic rings. The lowest BCUT2D eigenvalue weighted by atomic mass is 10.2. The molecule has 2 unspecified atom stereocenters. The number of ether oxygens (including phenoxy) is 1. The molecule has 1 saturated heterocycles. The van der Waals surface area contributed by atoms with E-state index in [0.29, 0.717) is 24.4 Å². The summed E-state index contributed by atoms with van der Waals surface area (Å²) in [6, 6.07) is 3.17. The van der Waals surface area contributed by atoms with E-state index in [1.54, 1.807) is 16.8 Å². The van der Waals surface area contributed by atoms with Crippen LogP contribution in [-0.4, -0.2) is 41.3 Å². The monoisotopic (exact) mass is 265 g/mol. The minimum Gasteiger partial charge on any atom is -0.398 e. The Morgan fingerprint density at radius 1 is 1.26 bits per heavy atom. The fourth-order valence-corrected chi connectivity index (χ4v) is 2.66. The number of morpholine rings is 1. The predicted octanol–water partition coefficient (Wildman–Crippen LogP) is 0.930. The molecule has 2 atom stereocenters. The van der Waals surface area contributed by atoms with E-state index < -0.39 is 0 Å². The van der Waals surface area contributed by atoms with Crippen LogP contribution in [0.25, 0.3) is 0 Å². The van der Waals surface area contributed by atoms with E-state index in [1.165, 1.54) is 6.07 Å². The molecular weight excluding hydrogens is 242 g/mol. The summed E-state index contributed by atoms with van der Waals surface area (Å²) in [6.07, 6.45) is 3.24. The third kappa shape index (κ3) is 4.08. The lowest BCUT2D eigenvalue weighted by Gasteiger charge is -2.35. The van der Waals surface area contributed by atoms with Crippen molar-refractivity contribution in [2.75, 3.05) is 25.4 Å². The topological polar surface area (TPSA) is 60.5 Å². The molecule has 5 nitrogen and oxygen atoms in total. The first-order valence-electron chi connectivity index (χ1n) is 6.88. The van der Waals surface area contributed by atoms with Gasteiger partial charge in [-0.1, -0.05) is 0 Å². The number of nitrogens with two attached hydrogens (primary N) is 1. The molecule has 1 fully saturated rings. The van der Waals surface area contributed by atoms with Gasteiger partial charge >= 0.3 is 0 Å². The average molecular weight is 265 g/mol. The number of rotatable bonds is 4. The number of nitrogen functional groups attached to an aromatic ring is 1. The SMILES string of the molecule is CC1CN(CCCn2cc(N)ccc2=O)CC(C)O1. The van der Waals surface area contributed by atoms with Gasteiger partial charge in [-0.3, -0.25) is 9.69 Å². The minimum atomic E-state index is 0.0120. The Morgan fingerprint density at radius 3 is 2.63 bits per heavy atom. The van der Waals surface area contributed by atoms with Gasteiger partial charge in [-0.25, -0.2) is 0 Å². The highest BCUT2D eigenvalue weighted by molar-refractivity contribution is 5.33. The highest BCUT2D eigenvalue weighted by Crippen LogP contribution is 2.10. The molecule has 5 heteroatoms. The smallest absolute Gasteiger partial charge is 0.250 e. The largest absolute Gasteiger partial charge is 0.398 e. The van der Waals surface area contributed by atoms with Gasteiger partial charge in [0.15, 0.2) is 0 Å². The van der Waals surface area contributed by atoms with Crippen LogP contribution in [0, 0.1) is 0 Å². The molecular formula is C14H23N3O2. The Kier molecular flexibility index (Phi) is 4.61. The highest BCUT2D eigenvalue weighted by atomic mass is 16.5. The van der Waals surface area contributed by atoms with Crippen molar-refractivity contribution >= 4 is 5.69 Å². The maximum Gasteiger partial charge on any atom is 0.250 e. The molecule has 0 aromatic carbocycles. The molecule has 0 saturated carbocycles. The lowest BCUT2D eigenvalue weighted by Crippen LogP contribution is -2.45. The van der Waals surface area contributed by atoms with Gasteiger partial charge in [0, 0.05) is 44.1 Å². The summed E-state index contributed by atoms with van der Waals surface area (Å²) < 4.78 is 7.39. The van der Waals surface area contributed by atoms with Crippen LogP contribution in [0.4, 0.5) is 5.69 Å². The number of aromatic nitrogens is 1. The van der Waals surface area contributed by atoms with E-state index in [2.05, 4.69) is 18.7 Å². The summed E-state index contributed by atoms with van der Waals surface area (Å²) in [7, 11) is 0. The van der Waals surface area contributed by atoms with Crippen molar-refractivity contribution in [3.63, 3.8) is 0 Å². The van der Waals surface area contributed by atoms with E-state index in [9.17, 15) is 4.79 Å². The second-order valence-corrected chi connectivity index (χ2v) is 5.36. The molecule has 106 valence electrons. The van der Waals surface area contributed by atoms with E-state index in [-0.39, 0.29) is 5.56 Å². The molecule has 0 spiro atoms. The zero-order valence-electron chi connectivity index (χ0n) is 11.7. The summed E-state index contributed by atoms with van der Waals surface area (Å²) in [4.78, 5) is 14.0. The van der Waals surface area contributed by atoms with E-state index in [1.807, 2.05) is 0 Å². The van der Waals surface area contributed by atoms with Crippen LogP contribution in [0.2, 0.25) is 0 Å². The molecule has 2 rings (SSSR count). The van der Waals surface area contributed by atoms with Crippen LogP contribution in [-0.2, 0) is 11.3 Å². The quantitative estimate of drug-likeness (QED) is 0.880. The van der Waals surface area contributed by atoms with Crippen molar-refractivity contribution in [3.8, 4) is 0 Å². The standard InChI is InChI=1S/C14H23N3O2/c1-11-8-16(9-12(2)19-11)6-3-7-17-10-13(15)4-5-14(17)18/h4-5,10-12H,3,6-9,15H2,1-2H3. The molecule has 0 amide bonds. The van der Waals surface area contributed by atoms with E-state index >= 15 is 0 Å². The molecule has 0 aliphatic carbocycles. The molecule has 0 bridgehead atoms. The maximum absolute atomic E-state index is 11.6. The molecule has 1 aromatic rings. The van der Waals surface area contributed by atoms with Crippen LogP contribution < -0.4 is 11.3 Å². The zero-order chi connectivity index (χ0) is 13.8. The molecule has 19 heavy (non-hydrogen) atoms. The van der Waals surface area contributed by atoms with E-state index in [4.69, 9.17) is 10.5 Å². The van der Waals surface area contributed by atoms with E-state index in [0.717, 1.165) is 26.1 Å². The Labute approximate surface area is 114 Å². The number of nitrogens with zero attached hydrogens (tertiary/aromatic N) is 2. The van der Waals surface area contributed by atoms with Gasteiger partial charge in [0.05, 0.1) is 12.2 Å². The number of aryl methyl sites for hydroxylation is 1. The molecule has 2 N–H and O–H groups in total. The van der Waals surface area contributed by atoms with Gasteiger partial charge in [-0.05, 0) is 26.3 Å². The fourth-order valence-electron chi connectivity index (χ4n) is 2.66. The zero-order valence-corrected chi connectivity index (χ0v) is 11.7. The van der Waals surface area contributed by atoms with Gasteiger partial charge in [-0.15, -0.1) is 0 Å². The highest BCUT2D eigenvalue weighted by Gasteiger charge is 2.21. The van der Waals surface area contributed by atoms with Crippen LogP contribution in [0.1, 0.15) is 20.3 Å². The molecule has 2 heterocycles. The Morgan fingerprint density at radius 2 is 1.95 bits per heavy atom. The van der Waals surface area contributed by atoms with Crippen molar-refractivity contribution < 1.29 is 4.74 Å². The number of anilines is 1. The second kappa shape index (κ2) is 6.21. The molecule has 1 aliphatic heterocycles. The second-order valence-electron chi connectivity index (χ2n) is 5.36. The summed E-state index contributed by atoms with van der Waals surface area (Å²) in [6.45, 7) is 7.84. The lowest BCUT2D eigenvalue weighted by molar-refractivity contribution is -0.0682. The number of pyridine rings is 1. The summed E-state index contributed by atoms with van der Waals surface area (Å²) in [5, 5.41) is 0. The normalized spacial score (nSPS) is 24.5. The first-order valence-corrected chi connectivity index (χ1v) is 6.88. The van der Waals surface area contributed by atoms with Crippen LogP contribution >= 0.6 is 0 Å². The van der Waals surface area contributed by atoms with Crippen molar-refractivity contribution in [1.82, 2.24) is 9.47 Å². The Balaban J connectivity index is 1.83. The average Bonchev–Trinajstić information content (AvgIpc) is 2.32. The summed E-state index contributed by atoms with van der Waals surface area (Å²) >= 11 is 0. The summed E-state index contributed by atoms with van der Waals surface area (Å²) in [5.41, 5.74) is 6.34. The summed E-state index contributed by atoms with van der Waals surface area (Å²) in [5.74, 6) is 0. The molecule has 1 aromatic heterocycles. The third-order valence-corrected chi connectivity index (χ3v) is 3.37. The Hall–Kier alpha value is -1.33. The first kappa shape index (κ1) is 14.1. The van der Waals surface area contributed by atoms with Crippen molar-refractivity contribution in [3.05, 3.63) is 28.7 Å². The maximum atomic E-state index is 11.6. The fraction of sp³-hybridized carbons (Fsp3) is 0.643. The third-order valence-electron chi connectivity index (χ3n) is 3.37. The number of hydrogen-bond donors (Lipinski definition) is 1. The van der Waals surface area contributed by atoms with Crippen molar-refractivity contribution in [2.45, 2.75) is 39.0 Å². The Bertz CT molecular complexity index is 462. The van der Waals surface area contributed by atoms with Crippen molar-refractivity contribution in [2.24, 2.45) is 0 Å². The van der Waals surface area contributed by atoms with Gasteiger partial charge in [0.1, 0.15) is 0 Å². The molecule has 0 radical (unpaired) electrons. The predicted molar refractivity (Wildman–Crippen MR) is 76.2 cm³/mol. The van der Waals surface area contributed by atoms with Gasteiger partial charge in [-0.2, -0.15) is 0 Å². The van der Waals surface area contributed by atoms with Crippen LogP contribution in [0.15, 0.2) is 23.1 Å². The van der Waals surface area contributed by atoms with Crippen LogP contribution in [0.3, 0.4) is 0 Å². The van der Waals surface area contributed by atoms with Gasteiger partial charge in [0.2, 0.25) is 0 Å². The number of hydrogen-bond acceptors (Lipinski definition) is 4. The van der Waals surface area contributed by atoms with Crippen LogP contribution in [0.5, 0.6) is 0 Å². The minimum absolute atomic E-state index is 0.0120. The van der Waals surface area contributed by atoms with Gasteiger partial charge < -0.3 is 15.0 Å².